The topological polar surface area (TPSA) is 26.3 Å². The number of carbonyl (C=O) groups is 1. The van der Waals surface area contributed by atoms with E-state index in [2.05, 4.69) is 6.92 Å². The molecular formula is C24H38Cl2O2. The molecule has 0 amide bonds. The smallest absolute Gasteiger partial charge is 0.311 e. The maximum absolute atomic E-state index is 11.9. The lowest BCUT2D eigenvalue weighted by atomic mass is 10.0. The standard InChI is InChI=1S/C24H38Cl2O2/c1-2-3-4-5-6-7-8-9-10-11-12-13-14-15-16-17-24(27)28-23-19-18-21(25)20-22(23)26/h18-20H,2-17H2,1H3. The van der Waals surface area contributed by atoms with Crippen LogP contribution < -0.4 is 4.74 Å². The number of unbranched alkanes of at least 4 members (excludes halogenated alkanes) is 14. The number of hydrogen-bond acceptors (Lipinski definition) is 2. The van der Waals surface area contributed by atoms with Crippen LogP contribution in [-0.2, 0) is 4.79 Å². The summed E-state index contributed by atoms with van der Waals surface area (Å²) in [6.07, 6.45) is 20.2. The summed E-state index contributed by atoms with van der Waals surface area (Å²) in [4.78, 5) is 11.9. The minimum atomic E-state index is -0.223. The van der Waals surface area contributed by atoms with Crippen LogP contribution >= 0.6 is 23.2 Å². The van der Waals surface area contributed by atoms with Crippen molar-refractivity contribution in [1.29, 1.82) is 0 Å². The molecule has 2 nitrogen and oxygen atoms in total. The number of rotatable bonds is 17. The van der Waals surface area contributed by atoms with Gasteiger partial charge in [-0.2, -0.15) is 0 Å². The van der Waals surface area contributed by atoms with Crippen LogP contribution in [0.2, 0.25) is 10.0 Å². The van der Waals surface area contributed by atoms with Gasteiger partial charge in [0.2, 0.25) is 0 Å². The third kappa shape index (κ3) is 13.4. The zero-order chi connectivity index (χ0) is 20.5. The van der Waals surface area contributed by atoms with E-state index in [1.165, 1.54) is 83.5 Å². The molecule has 0 atom stereocenters. The van der Waals surface area contributed by atoms with E-state index >= 15 is 0 Å². The average Bonchev–Trinajstić information content (AvgIpc) is 2.67. The molecule has 0 N–H and O–H groups in total. The highest BCUT2D eigenvalue weighted by Gasteiger charge is 2.08. The second-order valence-corrected chi connectivity index (χ2v) is 8.59. The van der Waals surface area contributed by atoms with Crippen molar-refractivity contribution >= 4 is 29.2 Å². The minimum Gasteiger partial charge on any atom is -0.425 e. The first-order valence-corrected chi connectivity index (χ1v) is 12.0. The Kier molecular flexibility index (Phi) is 15.5. The molecule has 0 heterocycles. The molecule has 0 aromatic heterocycles. The van der Waals surface area contributed by atoms with Crippen LogP contribution in [0.1, 0.15) is 110 Å². The number of esters is 1. The van der Waals surface area contributed by atoms with Gasteiger partial charge in [-0.05, 0) is 24.6 Å². The molecule has 0 spiro atoms. The fourth-order valence-corrected chi connectivity index (χ4v) is 3.82. The molecule has 0 unspecified atom stereocenters. The van der Waals surface area contributed by atoms with Crippen molar-refractivity contribution in [2.24, 2.45) is 0 Å². The van der Waals surface area contributed by atoms with Crippen LogP contribution in [-0.4, -0.2) is 5.97 Å². The highest BCUT2D eigenvalue weighted by atomic mass is 35.5. The average molecular weight is 429 g/mol. The van der Waals surface area contributed by atoms with Crippen molar-refractivity contribution in [3.8, 4) is 5.75 Å². The van der Waals surface area contributed by atoms with Crippen LogP contribution in [0.5, 0.6) is 5.75 Å². The quantitative estimate of drug-likeness (QED) is 0.140. The van der Waals surface area contributed by atoms with Gasteiger partial charge in [0, 0.05) is 11.4 Å². The second-order valence-electron chi connectivity index (χ2n) is 7.75. The lowest BCUT2D eigenvalue weighted by Crippen LogP contribution is -2.07. The first kappa shape index (κ1) is 25.3. The van der Waals surface area contributed by atoms with Gasteiger partial charge in [-0.1, -0.05) is 120 Å². The van der Waals surface area contributed by atoms with Crippen molar-refractivity contribution in [1.82, 2.24) is 0 Å². The monoisotopic (exact) mass is 428 g/mol. The molecule has 1 rings (SSSR count). The van der Waals surface area contributed by atoms with Crippen LogP contribution in [0.4, 0.5) is 0 Å². The van der Waals surface area contributed by atoms with E-state index < -0.39 is 0 Å². The van der Waals surface area contributed by atoms with Crippen molar-refractivity contribution in [3.05, 3.63) is 28.2 Å². The lowest BCUT2D eigenvalue weighted by molar-refractivity contribution is -0.134. The number of ether oxygens (including phenoxy) is 1. The molecule has 4 heteroatoms. The summed E-state index contributed by atoms with van der Waals surface area (Å²) < 4.78 is 5.29. The van der Waals surface area contributed by atoms with Crippen molar-refractivity contribution in [3.63, 3.8) is 0 Å². The third-order valence-corrected chi connectivity index (χ3v) is 5.63. The van der Waals surface area contributed by atoms with Gasteiger partial charge < -0.3 is 4.74 Å². The molecule has 0 radical (unpaired) electrons. The fraction of sp³-hybridized carbons (Fsp3) is 0.708. The number of hydrogen-bond donors (Lipinski definition) is 0. The molecule has 0 aliphatic carbocycles. The first-order chi connectivity index (χ1) is 13.6. The molecule has 28 heavy (non-hydrogen) atoms. The Morgan fingerprint density at radius 2 is 1.21 bits per heavy atom. The van der Waals surface area contributed by atoms with E-state index in [-0.39, 0.29) is 5.97 Å². The van der Waals surface area contributed by atoms with Gasteiger partial charge in [-0.15, -0.1) is 0 Å². The van der Waals surface area contributed by atoms with E-state index in [0.29, 0.717) is 22.2 Å². The van der Waals surface area contributed by atoms with Crippen LogP contribution in [0.3, 0.4) is 0 Å². The lowest BCUT2D eigenvalue weighted by Gasteiger charge is -2.06. The summed E-state index contributed by atoms with van der Waals surface area (Å²) in [7, 11) is 0. The Balaban J connectivity index is 1.86. The van der Waals surface area contributed by atoms with Gasteiger partial charge in [0.05, 0.1) is 5.02 Å². The largest absolute Gasteiger partial charge is 0.425 e. The van der Waals surface area contributed by atoms with Gasteiger partial charge in [0.25, 0.3) is 0 Å². The van der Waals surface area contributed by atoms with Crippen molar-refractivity contribution in [2.75, 3.05) is 0 Å². The van der Waals surface area contributed by atoms with Crippen molar-refractivity contribution in [2.45, 2.75) is 110 Å². The summed E-state index contributed by atoms with van der Waals surface area (Å²) in [5.41, 5.74) is 0. The maximum Gasteiger partial charge on any atom is 0.311 e. The molecule has 160 valence electrons. The summed E-state index contributed by atoms with van der Waals surface area (Å²) >= 11 is 11.8. The summed E-state index contributed by atoms with van der Waals surface area (Å²) in [5.74, 6) is 0.163. The van der Waals surface area contributed by atoms with Crippen LogP contribution in [0.25, 0.3) is 0 Å². The van der Waals surface area contributed by atoms with Crippen LogP contribution in [0.15, 0.2) is 18.2 Å². The zero-order valence-corrected chi connectivity index (χ0v) is 19.1. The summed E-state index contributed by atoms with van der Waals surface area (Å²) in [5, 5.41) is 0.907. The number of halogens is 2. The van der Waals surface area contributed by atoms with E-state index in [9.17, 15) is 4.79 Å². The SMILES string of the molecule is CCCCCCCCCCCCCCCCCC(=O)Oc1ccc(Cl)cc1Cl. The Morgan fingerprint density at radius 3 is 1.68 bits per heavy atom. The van der Waals surface area contributed by atoms with E-state index in [4.69, 9.17) is 27.9 Å². The fourth-order valence-electron chi connectivity index (χ4n) is 3.37. The molecule has 0 aliphatic rings. The predicted octanol–water partition coefficient (Wildman–Crippen LogP) is 9.16. The third-order valence-electron chi connectivity index (χ3n) is 5.10. The van der Waals surface area contributed by atoms with Gasteiger partial charge in [0.15, 0.2) is 0 Å². The van der Waals surface area contributed by atoms with E-state index in [1.54, 1.807) is 18.2 Å². The molecule has 0 aliphatic heterocycles. The summed E-state index contributed by atoms with van der Waals surface area (Å²) in [6.45, 7) is 2.27. The molecule has 0 saturated heterocycles. The van der Waals surface area contributed by atoms with Crippen molar-refractivity contribution < 1.29 is 9.53 Å². The second kappa shape index (κ2) is 17.2. The first-order valence-electron chi connectivity index (χ1n) is 11.3. The Morgan fingerprint density at radius 1 is 0.750 bits per heavy atom. The van der Waals surface area contributed by atoms with E-state index in [1.807, 2.05) is 0 Å². The number of carbonyl (C=O) groups excluding carboxylic acids is 1. The Labute approximate surface area is 182 Å². The van der Waals surface area contributed by atoms with Gasteiger partial charge in [-0.25, -0.2) is 0 Å². The Bertz CT molecular complexity index is 531. The van der Waals surface area contributed by atoms with Crippen LogP contribution in [0, 0.1) is 0 Å². The molecule has 0 bridgehead atoms. The molecule has 1 aromatic carbocycles. The highest BCUT2D eigenvalue weighted by Crippen LogP contribution is 2.28. The molecule has 1 aromatic rings. The zero-order valence-electron chi connectivity index (χ0n) is 17.6. The molecule has 0 fully saturated rings. The normalized spacial score (nSPS) is 11.0. The molecule has 0 saturated carbocycles. The van der Waals surface area contributed by atoms with Gasteiger partial charge in [-0.3, -0.25) is 4.79 Å². The van der Waals surface area contributed by atoms with E-state index in [0.717, 1.165) is 12.8 Å². The van der Waals surface area contributed by atoms with Gasteiger partial charge in [0.1, 0.15) is 5.75 Å². The molecular weight excluding hydrogens is 391 g/mol. The summed E-state index contributed by atoms with van der Waals surface area (Å²) in [6, 6.07) is 4.89. The van der Waals surface area contributed by atoms with Gasteiger partial charge >= 0.3 is 5.97 Å². The predicted molar refractivity (Wildman–Crippen MR) is 122 cm³/mol. The number of benzene rings is 1. The highest BCUT2D eigenvalue weighted by molar-refractivity contribution is 6.35. The minimum absolute atomic E-state index is 0.223. The Hall–Kier alpha value is -0.730. The maximum atomic E-state index is 11.9.